The maximum Gasteiger partial charge on any atom is 0.227 e. The summed E-state index contributed by atoms with van der Waals surface area (Å²) in [6.07, 6.45) is 6.22. The number of hydrogen-bond acceptors (Lipinski definition) is 2. The van der Waals surface area contributed by atoms with Gasteiger partial charge < -0.3 is 4.90 Å². The molecule has 3 nitrogen and oxygen atoms in total. The van der Waals surface area contributed by atoms with Crippen molar-refractivity contribution >= 4 is 5.91 Å². The highest BCUT2D eigenvalue weighted by atomic mass is 16.2. The van der Waals surface area contributed by atoms with Crippen LogP contribution in [0.25, 0.3) is 0 Å². The van der Waals surface area contributed by atoms with Crippen LogP contribution in [0.5, 0.6) is 0 Å². The number of hydrogen-bond donors (Lipinski definition) is 0. The smallest absolute Gasteiger partial charge is 0.227 e. The molecule has 1 aromatic heterocycles. The van der Waals surface area contributed by atoms with Crippen LogP contribution in [0.3, 0.4) is 0 Å². The molecule has 0 bridgehead atoms. The van der Waals surface area contributed by atoms with Crippen molar-refractivity contribution in [3.63, 3.8) is 0 Å². The summed E-state index contributed by atoms with van der Waals surface area (Å²) in [7, 11) is 0. The Morgan fingerprint density at radius 2 is 2.09 bits per heavy atom. The van der Waals surface area contributed by atoms with Gasteiger partial charge in [0.2, 0.25) is 5.91 Å². The number of benzene rings is 1. The van der Waals surface area contributed by atoms with E-state index in [1.165, 1.54) is 17.5 Å². The van der Waals surface area contributed by atoms with Gasteiger partial charge in [0.1, 0.15) is 0 Å². The first-order chi connectivity index (χ1) is 10.7. The minimum atomic E-state index is 0.226. The van der Waals surface area contributed by atoms with E-state index in [0.29, 0.717) is 12.3 Å². The normalized spacial score (nSPS) is 18.2. The number of aromatic nitrogens is 1. The molecule has 0 N–H and O–H groups in total. The van der Waals surface area contributed by atoms with Crippen LogP contribution in [0, 0.1) is 6.92 Å². The summed E-state index contributed by atoms with van der Waals surface area (Å²) < 4.78 is 0. The van der Waals surface area contributed by atoms with E-state index in [4.69, 9.17) is 0 Å². The lowest BCUT2D eigenvalue weighted by atomic mass is 9.89. The molecule has 1 aromatic carbocycles. The Morgan fingerprint density at radius 1 is 1.27 bits per heavy atom. The third-order valence-corrected chi connectivity index (χ3v) is 4.39. The van der Waals surface area contributed by atoms with Crippen LogP contribution in [0.15, 0.2) is 48.8 Å². The van der Waals surface area contributed by atoms with Crippen LogP contribution in [0.1, 0.15) is 35.4 Å². The Labute approximate surface area is 132 Å². The molecule has 3 rings (SSSR count). The topological polar surface area (TPSA) is 33.2 Å². The zero-order valence-corrected chi connectivity index (χ0v) is 13.0. The van der Waals surface area contributed by atoms with E-state index in [2.05, 4.69) is 36.2 Å². The van der Waals surface area contributed by atoms with Crippen LogP contribution in [0.2, 0.25) is 0 Å². The number of carbonyl (C=O) groups is 1. The zero-order chi connectivity index (χ0) is 15.4. The largest absolute Gasteiger partial charge is 0.342 e. The molecule has 2 heterocycles. The number of carbonyl (C=O) groups excluding carboxylic acids is 1. The highest BCUT2D eigenvalue weighted by molar-refractivity contribution is 5.78. The van der Waals surface area contributed by atoms with Crippen molar-refractivity contribution in [3.8, 4) is 0 Å². The average Bonchev–Trinajstić information content (AvgIpc) is 2.56. The molecule has 2 aromatic rings. The number of aryl methyl sites for hydroxylation is 1. The van der Waals surface area contributed by atoms with Crippen LogP contribution in [-0.2, 0) is 11.2 Å². The van der Waals surface area contributed by atoms with E-state index in [1.807, 2.05) is 17.0 Å². The fourth-order valence-corrected chi connectivity index (χ4v) is 3.19. The monoisotopic (exact) mass is 294 g/mol. The number of pyridine rings is 1. The van der Waals surface area contributed by atoms with Gasteiger partial charge >= 0.3 is 0 Å². The van der Waals surface area contributed by atoms with Gasteiger partial charge in [-0.05, 0) is 43.0 Å². The molecule has 0 saturated carbocycles. The SMILES string of the molecule is Cc1cccc([C@@H]2CCCN(C(=O)Cc3ccncc3)C2)c1. The Balaban J connectivity index is 1.66. The van der Waals surface area contributed by atoms with E-state index < -0.39 is 0 Å². The predicted octanol–water partition coefficient (Wildman–Crippen LogP) is 3.34. The lowest BCUT2D eigenvalue weighted by molar-refractivity contribution is -0.131. The zero-order valence-electron chi connectivity index (χ0n) is 13.0. The molecule has 0 radical (unpaired) electrons. The van der Waals surface area contributed by atoms with Crippen LogP contribution < -0.4 is 0 Å². The molecule has 0 aliphatic carbocycles. The van der Waals surface area contributed by atoms with E-state index >= 15 is 0 Å². The lowest BCUT2D eigenvalue weighted by Gasteiger charge is -2.33. The molecule has 22 heavy (non-hydrogen) atoms. The quantitative estimate of drug-likeness (QED) is 0.870. The molecule has 1 saturated heterocycles. The number of piperidine rings is 1. The Kier molecular flexibility index (Phi) is 4.52. The van der Waals surface area contributed by atoms with Crippen LogP contribution >= 0.6 is 0 Å². The van der Waals surface area contributed by atoms with E-state index in [0.717, 1.165) is 25.1 Å². The molecule has 1 aliphatic heterocycles. The van der Waals surface area contributed by atoms with E-state index in [-0.39, 0.29) is 5.91 Å². The molecule has 3 heteroatoms. The fourth-order valence-electron chi connectivity index (χ4n) is 3.19. The van der Waals surface area contributed by atoms with Gasteiger partial charge in [-0.3, -0.25) is 9.78 Å². The van der Waals surface area contributed by atoms with E-state index in [9.17, 15) is 4.79 Å². The number of amides is 1. The number of likely N-dealkylation sites (tertiary alicyclic amines) is 1. The van der Waals surface area contributed by atoms with Crippen molar-refractivity contribution in [1.82, 2.24) is 9.88 Å². The van der Waals surface area contributed by atoms with Crippen LogP contribution in [-0.4, -0.2) is 28.9 Å². The predicted molar refractivity (Wildman–Crippen MR) is 87.7 cm³/mol. The molecule has 0 unspecified atom stereocenters. The summed E-state index contributed by atoms with van der Waals surface area (Å²) in [5, 5.41) is 0. The van der Waals surface area contributed by atoms with Crippen molar-refractivity contribution < 1.29 is 4.79 Å². The van der Waals surface area contributed by atoms with Gasteiger partial charge in [0, 0.05) is 31.4 Å². The molecule has 1 amide bonds. The summed E-state index contributed by atoms with van der Waals surface area (Å²) in [5.41, 5.74) is 3.69. The number of nitrogens with zero attached hydrogens (tertiary/aromatic N) is 2. The number of rotatable bonds is 3. The summed E-state index contributed by atoms with van der Waals surface area (Å²) in [4.78, 5) is 18.5. The average molecular weight is 294 g/mol. The first-order valence-corrected chi connectivity index (χ1v) is 7.95. The van der Waals surface area contributed by atoms with Crippen molar-refractivity contribution in [2.45, 2.75) is 32.1 Å². The van der Waals surface area contributed by atoms with Crippen LogP contribution in [0.4, 0.5) is 0 Å². The standard InChI is InChI=1S/C19H22N2O/c1-15-4-2-5-17(12-15)18-6-3-11-21(14-18)19(22)13-16-7-9-20-10-8-16/h2,4-5,7-10,12,18H,3,6,11,13-14H2,1H3/t18-/m1/s1. The van der Waals surface area contributed by atoms with Crippen molar-refractivity contribution in [2.75, 3.05) is 13.1 Å². The van der Waals surface area contributed by atoms with Gasteiger partial charge in [-0.2, -0.15) is 0 Å². The van der Waals surface area contributed by atoms with Gasteiger partial charge in [-0.25, -0.2) is 0 Å². The summed E-state index contributed by atoms with van der Waals surface area (Å²) in [5.74, 6) is 0.693. The van der Waals surface area contributed by atoms with Gasteiger partial charge in [0.15, 0.2) is 0 Å². The second kappa shape index (κ2) is 6.73. The van der Waals surface area contributed by atoms with Crippen molar-refractivity contribution in [3.05, 3.63) is 65.5 Å². The Hall–Kier alpha value is -2.16. The highest BCUT2D eigenvalue weighted by Gasteiger charge is 2.24. The lowest BCUT2D eigenvalue weighted by Crippen LogP contribution is -2.39. The molecule has 1 fully saturated rings. The molecular weight excluding hydrogens is 272 g/mol. The molecular formula is C19H22N2O. The van der Waals surface area contributed by atoms with Gasteiger partial charge in [-0.15, -0.1) is 0 Å². The Morgan fingerprint density at radius 3 is 2.86 bits per heavy atom. The first-order valence-electron chi connectivity index (χ1n) is 7.95. The minimum Gasteiger partial charge on any atom is -0.342 e. The second-order valence-corrected chi connectivity index (χ2v) is 6.13. The molecule has 0 spiro atoms. The van der Waals surface area contributed by atoms with Gasteiger partial charge in [0.05, 0.1) is 6.42 Å². The molecule has 1 atom stereocenters. The minimum absolute atomic E-state index is 0.226. The van der Waals surface area contributed by atoms with Crippen molar-refractivity contribution in [2.24, 2.45) is 0 Å². The van der Waals surface area contributed by atoms with Crippen molar-refractivity contribution in [1.29, 1.82) is 0 Å². The summed E-state index contributed by atoms with van der Waals surface area (Å²) >= 11 is 0. The third kappa shape index (κ3) is 3.53. The fraction of sp³-hybridized carbons (Fsp3) is 0.368. The molecule has 1 aliphatic rings. The van der Waals surface area contributed by atoms with E-state index in [1.54, 1.807) is 12.4 Å². The summed E-state index contributed by atoms with van der Waals surface area (Å²) in [6.45, 7) is 3.85. The molecule has 114 valence electrons. The van der Waals surface area contributed by atoms with Gasteiger partial charge in [0.25, 0.3) is 0 Å². The Bertz CT molecular complexity index is 639. The second-order valence-electron chi connectivity index (χ2n) is 6.13. The maximum atomic E-state index is 12.5. The highest BCUT2D eigenvalue weighted by Crippen LogP contribution is 2.27. The first kappa shape index (κ1) is 14.8. The third-order valence-electron chi connectivity index (χ3n) is 4.39. The summed E-state index contributed by atoms with van der Waals surface area (Å²) in [6, 6.07) is 12.5. The van der Waals surface area contributed by atoms with Gasteiger partial charge in [-0.1, -0.05) is 29.8 Å². The maximum absolute atomic E-state index is 12.5.